The van der Waals surface area contributed by atoms with Crippen molar-refractivity contribution >= 4 is 11.8 Å². The van der Waals surface area contributed by atoms with Crippen LogP contribution in [0.4, 0.5) is 0 Å². The summed E-state index contributed by atoms with van der Waals surface area (Å²) in [5.74, 6) is 1.32. The van der Waals surface area contributed by atoms with Gasteiger partial charge in [-0.25, -0.2) is 0 Å². The second kappa shape index (κ2) is 11.0. The van der Waals surface area contributed by atoms with Crippen molar-refractivity contribution in [3.05, 3.63) is 59.2 Å². The largest absolute Gasteiger partial charge is 0.454 e. The number of hydrogen-bond acceptors (Lipinski definition) is 4. The zero-order chi connectivity index (χ0) is 23.1. The monoisotopic (exact) mass is 438 g/mol. The maximum absolute atomic E-state index is 13.4. The number of benzene rings is 2. The van der Waals surface area contributed by atoms with E-state index in [0.717, 1.165) is 28.9 Å². The summed E-state index contributed by atoms with van der Waals surface area (Å²) in [6.07, 6.45) is 2.30. The lowest BCUT2D eigenvalue weighted by Gasteiger charge is -2.31. The smallest absolute Gasteiger partial charge is 0.243 e. The van der Waals surface area contributed by atoms with Gasteiger partial charge in [0.1, 0.15) is 6.04 Å². The molecular formula is C26H34N2O4. The molecular weight excluding hydrogens is 404 g/mol. The maximum atomic E-state index is 13.4. The Morgan fingerprint density at radius 1 is 1.00 bits per heavy atom. The number of ether oxygens (including phenoxy) is 2. The Morgan fingerprint density at radius 3 is 2.38 bits per heavy atom. The van der Waals surface area contributed by atoms with E-state index >= 15 is 0 Å². The molecule has 32 heavy (non-hydrogen) atoms. The molecule has 2 unspecified atom stereocenters. The third-order valence-electron chi connectivity index (χ3n) is 5.92. The highest BCUT2D eigenvalue weighted by molar-refractivity contribution is 5.88. The van der Waals surface area contributed by atoms with Crippen LogP contribution in [-0.4, -0.2) is 35.6 Å². The van der Waals surface area contributed by atoms with Crippen LogP contribution in [0.2, 0.25) is 0 Å². The normalized spacial score (nSPS) is 14.0. The fourth-order valence-corrected chi connectivity index (χ4v) is 3.74. The lowest BCUT2D eigenvalue weighted by Crippen LogP contribution is -2.50. The quantitative estimate of drug-likeness (QED) is 0.598. The summed E-state index contributed by atoms with van der Waals surface area (Å²) >= 11 is 0. The highest BCUT2D eigenvalue weighted by Crippen LogP contribution is 2.32. The predicted molar refractivity (Wildman–Crippen MR) is 125 cm³/mol. The Morgan fingerprint density at radius 2 is 1.69 bits per heavy atom. The van der Waals surface area contributed by atoms with E-state index in [1.54, 1.807) is 4.90 Å². The maximum Gasteiger partial charge on any atom is 0.243 e. The highest BCUT2D eigenvalue weighted by atomic mass is 16.7. The van der Waals surface area contributed by atoms with Crippen molar-refractivity contribution < 1.29 is 19.1 Å². The molecule has 0 saturated carbocycles. The van der Waals surface area contributed by atoms with Gasteiger partial charge >= 0.3 is 0 Å². The average Bonchev–Trinajstić information content (AvgIpc) is 3.26. The molecule has 1 heterocycles. The van der Waals surface area contributed by atoms with Gasteiger partial charge in [0.25, 0.3) is 0 Å². The molecule has 1 aliphatic heterocycles. The Bertz CT molecular complexity index is 926. The van der Waals surface area contributed by atoms with Crippen LogP contribution in [0.5, 0.6) is 11.5 Å². The standard InChI is InChI=1S/C26H34N2O4/c1-5-19(4)27-26(30)22(6-2)28(16-21-9-7-18(3)8-10-21)25(29)14-12-20-11-13-23-24(15-20)32-17-31-23/h7-11,13,15,19,22H,5-6,12,14,16-17H2,1-4H3,(H,27,30). The van der Waals surface area contributed by atoms with Crippen LogP contribution in [-0.2, 0) is 22.6 Å². The number of rotatable bonds is 10. The van der Waals surface area contributed by atoms with Gasteiger partial charge in [0.05, 0.1) is 0 Å². The fraction of sp³-hybridized carbons (Fsp3) is 0.462. The van der Waals surface area contributed by atoms with Crippen LogP contribution in [0, 0.1) is 6.92 Å². The minimum absolute atomic E-state index is 0.0330. The third-order valence-corrected chi connectivity index (χ3v) is 5.92. The molecule has 0 bridgehead atoms. The van der Waals surface area contributed by atoms with E-state index < -0.39 is 6.04 Å². The van der Waals surface area contributed by atoms with Gasteiger partial charge in [-0.2, -0.15) is 0 Å². The first-order chi connectivity index (χ1) is 15.4. The Hall–Kier alpha value is -3.02. The summed E-state index contributed by atoms with van der Waals surface area (Å²) in [5.41, 5.74) is 3.19. The molecule has 2 amide bonds. The number of fused-ring (bicyclic) bond motifs is 1. The van der Waals surface area contributed by atoms with Gasteiger partial charge in [0, 0.05) is 19.0 Å². The van der Waals surface area contributed by atoms with Gasteiger partial charge in [-0.05, 0) is 56.4 Å². The first-order valence-corrected chi connectivity index (χ1v) is 11.4. The van der Waals surface area contributed by atoms with Crippen molar-refractivity contribution in [2.45, 2.75) is 72.0 Å². The molecule has 0 spiro atoms. The van der Waals surface area contributed by atoms with Crippen LogP contribution in [0.1, 0.15) is 56.7 Å². The molecule has 0 saturated heterocycles. The third kappa shape index (κ3) is 6.02. The topological polar surface area (TPSA) is 67.9 Å². The number of hydrogen-bond donors (Lipinski definition) is 1. The molecule has 2 aromatic carbocycles. The van der Waals surface area contributed by atoms with Crippen molar-refractivity contribution in [3.8, 4) is 11.5 Å². The molecule has 0 radical (unpaired) electrons. The van der Waals surface area contributed by atoms with Crippen molar-refractivity contribution in [3.63, 3.8) is 0 Å². The first-order valence-electron chi connectivity index (χ1n) is 11.4. The zero-order valence-corrected chi connectivity index (χ0v) is 19.5. The second-order valence-corrected chi connectivity index (χ2v) is 8.44. The summed E-state index contributed by atoms with van der Waals surface area (Å²) < 4.78 is 10.8. The molecule has 0 aromatic heterocycles. The van der Waals surface area contributed by atoms with Gasteiger partial charge in [0.15, 0.2) is 11.5 Å². The van der Waals surface area contributed by atoms with Gasteiger partial charge in [-0.1, -0.05) is 49.7 Å². The molecule has 172 valence electrons. The van der Waals surface area contributed by atoms with Crippen LogP contribution >= 0.6 is 0 Å². The minimum atomic E-state index is -0.505. The molecule has 6 nitrogen and oxygen atoms in total. The van der Waals surface area contributed by atoms with E-state index in [9.17, 15) is 9.59 Å². The number of nitrogens with one attached hydrogen (secondary N) is 1. The van der Waals surface area contributed by atoms with Gasteiger partial charge in [0.2, 0.25) is 18.6 Å². The van der Waals surface area contributed by atoms with Crippen molar-refractivity contribution in [2.24, 2.45) is 0 Å². The molecule has 3 rings (SSSR count). The molecule has 1 aliphatic rings. The number of nitrogens with zero attached hydrogens (tertiary/aromatic N) is 1. The molecule has 0 fully saturated rings. The van der Waals surface area contributed by atoms with Crippen LogP contribution in [0.3, 0.4) is 0 Å². The van der Waals surface area contributed by atoms with Crippen LogP contribution < -0.4 is 14.8 Å². The molecule has 2 atom stereocenters. The number of aryl methyl sites for hydroxylation is 2. The number of carbonyl (C=O) groups excluding carboxylic acids is 2. The van der Waals surface area contributed by atoms with E-state index in [4.69, 9.17) is 9.47 Å². The lowest BCUT2D eigenvalue weighted by molar-refractivity contribution is -0.141. The van der Waals surface area contributed by atoms with Crippen LogP contribution in [0.15, 0.2) is 42.5 Å². The first kappa shape index (κ1) is 23.6. The summed E-state index contributed by atoms with van der Waals surface area (Å²) in [4.78, 5) is 28.1. The minimum Gasteiger partial charge on any atom is -0.454 e. The molecule has 1 N–H and O–H groups in total. The van der Waals surface area contributed by atoms with Crippen LogP contribution in [0.25, 0.3) is 0 Å². The molecule has 2 aromatic rings. The fourth-order valence-electron chi connectivity index (χ4n) is 3.74. The SMILES string of the molecule is CCC(C)NC(=O)C(CC)N(Cc1ccc(C)cc1)C(=O)CCc1ccc2c(c1)OCO2. The summed E-state index contributed by atoms with van der Waals surface area (Å²) in [7, 11) is 0. The zero-order valence-electron chi connectivity index (χ0n) is 19.5. The Kier molecular flexibility index (Phi) is 8.14. The second-order valence-electron chi connectivity index (χ2n) is 8.44. The lowest BCUT2D eigenvalue weighted by atomic mass is 10.0. The van der Waals surface area contributed by atoms with E-state index in [-0.39, 0.29) is 24.6 Å². The number of carbonyl (C=O) groups is 2. The van der Waals surface area contributed by atoms with Gasteiger partial charge in [-0.15, -0.1) is 0 Å². The Balaban J connectivity index is 1.75. The summed E-state index contributed by atoms with van der Waals surface area (Å²) in [6, 6.07) is 13.4. The molecule has 0 aliphatic carbocycles. The van der Waals surface area contributed by atoms with Gasteiger partial charge in [-0.3, -0.25) is 9.59 Å². The Labute approximate surface area is 190 Å². The van der Waals surface area contributed by atoms with E-state index in [1.807, 2.05) is 70.2 Å². The highest BCUT2D eigenvalue weighted by Gasteiger charge is 2.29. The average molecular weight is 439 g/mol. The van der Waals surface area contributed by atoms with E-state index in [1.165, 1.54) is 0 Å². The van der Waals surface area contributed by atoms with Crippen molar-refractivity contribution in [2.75, 3.05) is 6.79 Å². The molecule has 6 heteroatoms. The summed E-state index contributed by atoms with van der Waals surface area (Å²) in [5, 5.41) is 3.05. The summed E-state index contributed by atoms with van der Waals surface area (Å²) in [6.45, 7) is 8.64. The number of amides is 2. The van der Waals surface area contributed by atoms with Gasteiger partial charge < -0.3 is 19.7 Å². The van der Waals surface area contributed by atoms with Crippen molar-refractivity contribution in [1.82, 2.24) is 10.2 Å². The van der Waals surface area contributed by atoms with E-state index in [0.29, 0.717) is 31.6 Å². The predicted octanol–water partition coefficient (Wildman–Crippen LogP) is 4.38. The van der Waals surface area contributed by atoms with E-state index in [2.05, 4.69) is 5.32 Å². The van der Waals surface area contributed by atoms with Crippen molar-refractivity contribution in [1.29, 1.82) is 0 Å².